The highest BCUT2D eigenvalue weighted by atomic mass is 16.5. The van der Waals surface area contributed by atoms with Gasteiger partial charge in [0, 0.05) is 45.6 Å². The van der Waals surface area contributed by atoms with E-state index in [1.54, 1.807) is 6.92 Å². The maximum atomic E-state index is 11.0. The first-order valence-corrected chi connectivity index (χ1v) is 6.85. The van der Waals surface area contributed by atoms with Gasteiger partial charge in [0.1, 0.15) is 0 Å². The molecule has 0 bridgehead atoms. The summed E-state index contributed by atoms with van der Waals surface area (Å²) in [6.07, 6.45) is 1.83. The van der Waals surface area contributed by atoms with Gasteiger partial charge in [-0.2, -0.15) is 0 Å². The van der Waals surface area contributed by atoms with E-state index < -0.39 is 5.97 Å². The number of rotatable bonds is 3. The van der Waals surface area contributed by atoms with Crippen LogP contribution in [0.15, 0.2) is 0 Å². The molecule has 0 radical (unpaired) electrons. The molecule has 0 aliphatic carbocycles. The molecule has 2 rings (SSSR count). The third kappa shape index (κ3) is 5.85. The van der Waals surface area contributed by atoms with Crippen molar-refractivity contribution in [3.8, 4) is 0 Å². The van der Waals surface area contributed by atoms with E-state index in [4.69, 9.17) is 19.7 Å². The van der Waals surface area contributed by atoms with Crippen LogP contribution in [0.4, 0.5) is 0 Å². The van der Waals surface area contributed by atoms with Crippen LogP contribution in [0, 0.1) is 0 Å². The lowest BCUT2D eigenvalue weighted by Gasteiger charge is -2.34. The minimum atomic E-state index is -0.833. The maximum absolute atomic E-state index is 11.0. The summed E-state index contributed by atoms with van der Waals surface area (Å²) in [5.74, 6) is -0.794. The van der Waals surface area contributed by atoms with Crippen molar-refractivity contribution in [2.24, 2.45) is 0 Å². The number of fused-ring (bicyclic) bond motifs is 1. The molecule has 1 amide bonds. The summed E-state index contributed by atoms with van der Waals surface area (Å²) in [4.78, 5) is 22.3. The second-order valence-electron chi connectivity index (χ2n) is 5.23. The van der Waals surface area contributed by atoms with Crippen LogP contribution in [-0.2, 0) is 14.3 Å². The third-order valence-corrected chi connectivity index (χ3v) is 3.35. The second-order valence-corrected chi connectivity index (χ2v) is 5.23. The molecular weight excluding hydrogens is 264 g/mol. The average Bonchev–Trinajstić information content (AvgIpc) is 2.69. The molecule has 2 saturated heterocycles. The van der Waals surface area contributed by atoms with Crippen LogP contribution in [0.3, 0.4) is 0 Å². The van der Waals surface area contributed by atoms with Crippen molar-refractivity contribution in [1.29, 1.82) is 0 Å². The molecule has 0 aromatic carbocycles. The third-order valence-electron chi connectivity index (χ3n) is 3.35. The number of aliphatic hydroxyl groups is 1. The lowest BCUT2D eigenvalue weighted by atomic mass is 10.1. The fourth-order valence-electron chi connectivity index (χ4n) is 2.65. The molecule has 2 aliphatic heterocycles. The molecule has 7 nitrogen and oxygen atoms in total. The molecule has 2 fully saturated rings. The predicted octanol–water partition coefficient (Wildman–Crippen LogP) is -0.562. The zero-order chi connectivity index (χ0) is 15.1. The number of nitrogens with zero attached hydrogens (tertiary/aromatic N) is 1. The van der Waals surface area contributed by atoms with Gasteiger partial charge in [-0.05, 0) is 12.8 Å². The first kappa shape index (κ1) is 16.9. The number of carbonyl (C=O) groups excluding carboxylic acids is 1. The number of aliphatic hydroxyl groups excluding tert-OH is 1. The highest BCUT2D eigenvalue weighted by Gasteiger charge is 2.37. The predicted molar refractivity (Wildman–Crippen MR) is 72.3 cm³/mol. The van der Waals surface area contributed by atoms with E-state index in [2.05, 4.69) is 10.2 Å². The Morgan fingerprint density at radius 3 is 2.55 bits per heavy atom. The molecular formula is C13H24N2O5. The van der Waals surface area contributed by atoms with Gasteiger partial charge >= 0.3 is 0 Å². The fraction of sp³-hybridized carbons (Fsp3) is 0.846. The maximum Gasteiger partial charge on any atom is 0.300 e. The summed E-state index contributed by atoms with van der Waals surface area (Å²) in [5, 5.41) is 19.3. The summed E-state index contributed by atoms with van der Waals surface area (Å²) in [6, 6.07) is 0.700. The van der Waals surface area contributed by atoms with E-state index in [9.17, 15) is 4.79 Å². The topological polar surface area (TPSA) is 99.1 Å². The molecule has 20 heavy (non-hydrogen) atoms. The highest BCUT2D eigenvalue weighted by Crippen LogP contribution is 2.24. The number of carboxylic acid groups (broad SMARTS) is 1. The molecule has 7 heteroatoms. The van der Waals surface area contributed by atoms with Gasteiger partial charge in [-0.15, -0.1) is 0 Å². The Kier molecular flexibility index (Phi) is 6.90. The van der Waals surface area contributed by atoms with Gasteiger partial charge in [0.2, 0.25) is 5.91 Å². The molecule has 0 aromatic rings. The van der Waals surface area contributed by atoms with Crippen LogP contribution in [0.5, 0.6) is 0 Å². The SMILES string of the molecule is CC(=O)N[C@H]1C[C@H]2CO[C@@H](CCO)CN2C1.CC(=O)O. The first-order valence-electron chi connectivity index (χ1n) is 6.85. The molecule has 3 N–H and O–H groups in total. The standard InChI is InChI=1S/C11H20N2O3.C2H4O2/c1-8(15)12-9-4-10-7-16-11(2-3-14)6-13(10)5-9;1-2(3)4/h9-11,14H,2-7H2,1H3,(H,12,15);1H3,(H,3,4)/t9-,10-,11-;/m0./s1. The van der Waals surface area contributed by atoms with Crippen LogP contribution in [0.2, 0.25) is 0 Å². The Bertz CT molecular complexity index is 333. The lowest BCUT2D eigenvalue weighted by molar-refractivity contribution is -0.134. The Hall–Kier alpha value is -1.18. The largest absolute Gasteiger partial charge is 0.481 e. The molecule has 0 saturated carbocycles. The van der Waals surface area contributed by atoms with E-state index in [-0.39, 0.29) is 24.7 Å². The van der Waals surface area contributed by atoms with E-state index in [0.29, 0.717) is 12.5 Å². The van der Waals surface area contributed by atoms with Gasteiger partial charge < -0.3 is 20.3 Å². The average molecular weight is 288 g/mol. The van der Waals surface area contributed by atoms with Crippen LogP contribution in [0.1, 0.15) is 26.7 Å². The summed E-state index contributed by atoms with van der Waals surface area (Å²) in [7, 11) is 0. The number of nitrogens with one attached hydrogen (secondary N) is 1. The minimum absolute atomic E-state index is 0.0395. The van der Waals surface area contributed by atoms with Crippen molar-refractivity contribution < 1.29 is 24.5 Å². The van der Waals surface area contributed by atoms with Crippen molar-refractivity contribution in [3.63, 3.8) is 0 Å². The van der Waals surface area contributed by atoms with Crippen molar-refractivity contribution in [2.75, 3.05) is 26.3 Å². The van der Waals surface area contributed by atoms with E-state index >= 15 is 0 Å². The first-order chi connectivity index (χ1) is 9.42. The fourth-order valence-corrected chi connectivity index (χ4v) is 2.65. The number of carbonyl (C=O) groups is 2. The molecule has 116 valence electrons. The Labute approximate surface area is 118 Å². The number of amides is 1. The van der Waals surface area contributed by atoms with Gasteiger partial charge in [0.15, 0.2) is 0 Å². The van der Waals surface area contributed by atoms with Crippen LogP contribution in [-0.4, -0.2) is 71.5 Å². The summed E-state index contributed by atoms with van der Waals surface area (Å²) >= 11 is 0. The van der Waals surface area contributed by atoms with E-state index in [1.165, 1.54) is 0 Å². The van der Waals surface area contributed by atoms with Crippen molar-refractivity contribution in [1.82, 2.24) is 10.2 Å². The van der Waals surface area contributed by atoms with Crippen molar-refractivity contribution >= 4 is 11.9 Å². The van der Waals surface area contributed by atoms with Gasteiger partial charge in [-0.3, -0.25) is 14.5 Å². The number of morpholine rings is 1. The van der Waals surface area contributed by atoms with E-state index in [1.807, 2.05) is 0 Å². The zero-order valence-corrected chi connectivity index (χ0v) is 12.0. The number of hydrogen-bond donors (Lipinski definition) is 3. The Morgan fingerprint density at radius 1 is 1.35 bits per heavy atom. The van der Waals surface area contributed by atoms with E-state index in [0.717, 1.165) is 33.0 Å². The lowest BCUT2D eigenvalue weighted by Crippen LogP contribution is -2.46. The van der Waals surface area contributed by atoms with Gasteiger partial charge in [-0.1, -0.05) is 0 Å². The molecule has 0 spiro atoms. The monoisotopic (exact) mass is 288 g/mol. The van der Waals surface area contributed by atoms with Crippen LogP contribution >= 0.6 is 0 Å². The van der Waals surface area contributed by atoms with Crippen LogP contribution in [0.25, 0.3) is 0 Å². The number of aliphatic carboxylic acids is 1. The summed E-state index contributed by atoms with van der Waals surface area (Å²) in [6.45, 7) is 5.33. The van der Waals surface area contributed by atoms with Gasteiger partial charge in [0.05, 0.1) is 12.7 Å². The molecule has 0 unspecified atom stereocenters. The van der Waals surface area contributed by atoms with Crippen molar-refractivity contribution in [2.45, 2.75) is 44.9 Å². The van der Waals surface area contributed by atoms with Crippen LogP contribution < -0.4 is 5.32 Å². The summed E-state index contributed by atoms with van der Waals surface area (Å²) in [5.41, 5.74) is 0. The second kappa shape index (κ2) is 8.18. The van der Waals surface area contributed by atoms with Crippen molar-refractivity contribution in [3.05, 3.63) is 0 Å². The minimum Gasteiger partial charge on any atom is -0.481 e. The Balaban J connectivity index is 0.000000444. The zero-order valence-electron chi connectivity index (χ0n) is 12.0. The molecule has 0 aromatic heterocycles. The number of carboxylic acids is 1. The normalized spacial score (nSPS) is 29.1. The molecule has 3 atom stereocenters. The number of hydrogen-bond acceptors (Lipinski definition) is 5. The molecule has 2 heterocycles. The quantitative estimate of drug-likeness (QED) is 0.644. The summed E-state index contributed by atoms with van der Waals surface area (Å²) < 4.78 is 5.67. The Morgan fingerprint density at radius 2 is 2.00 bits per heavy atom. The van der Waals surface area contributed by atoms with Gasteiger partial charge in [0.25, 0.3) is 5.97 Å². The highest BCUT2D eigenvalue weighted by molar-refractivity contribution is 5.73. The molecule has 2 aliphatic rings. The smallest absolute Gasteiger partial charge is 0.300 e. The van der Waals surface area contributed by atoms with Gasteiger partial charge in [-0.25, -0.2) is 0 Å². The number of ether oxygens (including phenoxy) is 1.